The van der Waals surface area contributed by atoms with Gasteiger partial charge in [0.2, 0.25) is 0 Å². The predicted molar refractivity (Wildman–Crippen MR) is 101 cm³/mol. The largest absolute Gasteiger partial charge is 0.545 e. The van der Waals surface area contributed by atoms with Crippen molar-refractivity contribution in [2.24, 2.45) is 0 Å². The van der Waals surface area contributed by atoms with Gasteiger partial charge in [-0.15, -0.1) is 0 Å². The van der Waals surface area contributed by atoms with Crippen molar-refractivity contribution in [2.75, 3.05) is 0 Å². The molecule has 1 N–H and O–H groups in total. The average molecular weight is 622 g/mol. The lowest BCUT2D eigenvalue weighted by Crippen LogP contribution is -2.23. The third-order valence-electron chi connectivity index (χ3n) is 2.97. The van der Waals surface area contributed by atoms with E-state index < -0.39 is 5.97 Å². The SMILES string of the molecule is O=C([O-])c1ccc(CO)cc1-c1c(Br)c(Br)c(Br)c(Br)c1Br. The molecule has 0 radical (unpaired) electrons. The Balaban J connectivity index is 2.90. The summed E-state index contributed by atoms with van der Waals surface area (Å²) in [6, 6.07) is 4.61. The third kappa shape index (κ3) is 3.37. The molecule has 0 aliphatic carbocycles. The molecule has 0 aliphatic heterocycles. The molecule has 0 heterocycles. The van der Waals surface area contributed by atoms with Crippen molar-refractivity contribution in [3.05, 3.63) is 51.7 Å². The minimum Gasteiger partial charge on any atom is -0.545 e. The zero-order valence-corrected chi connectivity index (χ0v) is 18.5. The van der Waals surface area contributed by atoms with Crippen molar-refractivity contribution in [2.45, 2.75) is 6.61 Å². The molecule has 22 heavy (non-hydrogen) atoms. The summed E-state index contributed by atoms with van der Waals surface area (Å²) >= 11 is 17.3. The predicted octanol–water partition coefficient (Wildman–Crippen LogP) is 5.02. The highest BCUT2D eigenvalue weighted by atomic mass is 79.9. The molecule has 116 valence electrons. The molecule has 0 aromatic heterocycles. The molecule has 2 aromatic rings. The number of aliphatic hydroxyl groups excluding tert-OH is 1. The van der Waals surface area contributed by atoms with Gasteiger partial charge in [-0.1, -0.05) is 12.1 Å². The zero-order valence-electron chi connectivity index (χ0n) is 10.6. The van der Waals surface area contributed by atoms with E-state index in [2.05, 4.69) is 79.6 Å². The van der Waals surface area contributed by atoms with Gasteiger partial charge in [0, 0.05) is 33.5 Å². The third-order valence-corrected chi connectivity index (χ3v) is 9.06. The van der Waals surface area contributed by atoms with Crippen LogP contribution in [0.5, 0.6) is 0 Å². The second-order valence-electron chi connectivity index (χ2n) is 4.27. The van der Waals surface area contributed by atoms with Crippen LogP contribution in [0.2, 0.25) is 0 Å². The summed E-state index contributed by atoms with van der Waals surface area (Å²) in [5.41, 5.74) is 1.73. The van der Waals surface area contributed by atoms with Gasteiger partial charge in [0.05, 0.1) is 12.6 Å². The number of carbonyl (C=O) groups is 1. The Morgan fingerprint density at radius 2 is 1.45 bits per heavy atom. The molecular weight excluding hydrogens is 616 g/mol. The smallest absolute Gasteiger partial charge is 0.0721 e. The van der Waals surface area contributed by atoms with Gasteiger partial charge in [-0.3, -0.25) is 0 Å². The van der Waals surface area contributed by atoms with Crippen LogP contribution in [0.3, 0.4) is 0 Å². The summed E-state index contributed by atoms with van der Waals surface area (Å²) in [4.78, 5) is 11.4. The van der Waals surface area contributed by atoms with Gasteiger partial charge in [-0.05, 0) is 96.8 Å². The van der Waals surface area contributed by atoms with Crippen molar-refractivity contribution in [3.63, 3.8) is 0 Å². The Kier molecular flexibility index (Phi) is 6.29. The number of aromatic carboxylic acids is 1. The van der Waals surface area contributed by atoms with Crippen molar-refractivity contribution >= 4 is 85.6 Å². The average Bonchev–Trinajstić information content (AvgIpc) is 2.50. The number of rotatable bonds is 3. The minimum absolute atomic E-state index is 0.0414. The Morgan fingerprint density at radius 1 is 0.955 bits per heavy atom. The highest BCUT2D eigenvalue weighted by molar-refractivity contribution is 9.15. The summed E-state index contributed by atoms with van der Waals surface area (Å²) in [5, 5.41) is 20.7. The Bertz CT molecular complexity index is 745. The van der Waals surface area contributed by atoms with Crippen LogP contribution in [0, 0.1) is 0 Å². The Hall–Kier alpha value is 0.270. The molecule has 0 fully saturated rings. The number of halogens is 5. The first kappa shape index (κ1) is 18.6. The Morgan fingerprint density at radius 3 is 1.91 bits per heavy atom. The van der Waals surface area contributed by atoms with Crippen molar-refractivity contribution in [1.29, 1.82) is 0 Å². The van der Waals surface area contributed by atoms with E-state index in [0.29, 0.717) is 25.6 Å². The highest BCUT2D eigenvalue weighted by Gasteiger charge is 2.21. The number of carboxylic acid groups (broad SMARTS) is 1. The molecule has 0 spiro atoms. The molecule has 0 atom stereocenters. The van der Waals surface area contributed by atoms with Gasteiger partial charge >= 0.3 is 0 Å². The van der Waals surface area contributed by atoms with E-state index in [9.17, 15) is 15.0 Å². The van der Waals surface area contributed by atoms with E-state index in [4.69, 9.17) is 0 Å². The summed E-state index contributed by atoms with van der Waals surface area (Å²) in [6.07, 6.45) is 0. The lowest BCUT2D eigenvalue weighted by Gasteiger charge is -2.18. The normalized spacial score (nSPS) is 10.8. The van der Waals surface area contributed by atoms with Gasteiger partial charge < -0.3 is 15.0 Å². The van der Waals surface area contributed by atoms with E-state index in [1.54, 1.807) is 12.1 Å². The minimum atomic E-state index is -1.28. The standard InChI is InChI=1S/C14H7Br5O3/c15-9-8(10(16)12(18)13(19)11(9)17)7-3-5(4-20)1-2-6(7)14(21)22/h1-3,20H,4H2,(H,21,22)/p-1. The molecule has 0 unspecified atom stereocenters. The van der Waals surface area contributed by atoms with Crippen LogP contribution in [0.1, 0.15) is 15.9 Å². The first-order valence-corrected chi connectivity index (χ1v) is 9.73. The van der Waals surface area contributed by atoms with Crippen LogP contribution in [-0.4, -0.2) is 11.1 Å². The fraction of sp³-hybridized carbons (Fsp3) is 0.0714. The van der Waals surface area contributed by atoms with Gasteiger partial charge in [-0.2, -0.15) is 0 Å². The molecule has 0 bridgehead atoms. The Labute approximate surface area is 168 Å². The maximum absolute atomic E-state index is 11.4. The summed E-state index contributed by atoms with van der Waals surface area (Å²) in [7, 11) is 0. The molecule has 0 amide bonds. The quantitative estimate of drug-likeness (QED) is 0.387. The number of benzene rings is 2. The van der Waals surface area contributed by atoms with E-state index >= 15 is 0 Å². The number of hydrogen-bond acceptors (Lipinski definition) is 3. The summed E-state index contributed by atoms with van der Waals surface area (Å²) < 4.78 is 3.59. The molecule has 0 aliphatic rings. The van der Waals surface area contributed by atoms with Gasteiger partial charge in [0.25, 0.3) is 0 Å². The highest BCUT2D eigenvalue weighted by Crippen LogP contribution is 2.49. The van der Waals surface area contributed by atoms with Crippen molar-refractivity contribution in [1.82, 2.24) is 0 Å². The second-order valence-corrected chi connectivity index (χ2v) is 8.24. The summed E-state index contributed by atoms with van der Waals surface area (Å²) in [5.74, 6) is -1.28. The number of carboxylic acids is 1. The molecule has 0 saturated carbocycles. The lowest BCUT2D eigenvalue weighted by atomic mass is 9.97. The van der Waals surface area contributed by atoms with Crippen LogP contribution in [0.4, 0.5) is 0 Å². The maximum Gasteiger partial charge on any atom is 0.0721 e. The maximum atomic E-state index is 11.4. The fourth-order valence-electron chi connectivity index (χ4n) is 1.92. The van der Waals surface area contributed by atoms with Crippen LogP contribution >= 0.6 is 79.6 Å². The van der Waals surface area contributed by atoms with Crippen molar-refractivity contribution < 1.29 is 15.0 Å². The molecule has 3 nitrogen and oxygen atoms in total. The second kappa shape index (κ2) is 7.44. The molecular formula is C14H6Br5O3-. The molecule has 0 saturated heterocycles. The van der Waals surface area contributed by atoms with E-state index in [-0.39, 0.29) is 12.2 Å². The van der Waals surface area contributed by atoms with E-state index in [1.807, 2.05) is 0 Å². The zero-order chi connectivity index (χ0) is 16.6. The van der Waals surface area contributed by atoms with Crippen molar-refractivity contribution in [3.8, 4) is 11.1 Å². The van der Waals surface area contributed by atoms with Gasteiger partial charge in [0.15, 0.2) is 0 Å². The topological polar surface area (TPSA) is 60.4 Å². The number of carbonyl (C=O) groups excluding carboxylic acids is 1. The van der Waals surface area contributed by atoms with Gasteiger partial charge in [0.1, 0.15) is 0 Å². The van der Waals surface area contributed by atoms with Crippen LogP contribution < -0.4 is 5.11 Å². The number of aliphatic hydroxyl groups is 1. The van der Waals surface area contributed by atoms with E-state index in [1.165, 1.54) is 6.07 Å². The monoisotopic (exact) mass is 617 g/mol. The molecule has 8 heteroatoms. The van der Waals surface area contributed by atoms with Crippen LogP contribution in [0.15, 0.2) is 40.6 Å². The van der Waals surface area contributed by atoms with Crippen LogP contribution in [0.25, 0.3) is 11.1 Å². The van der Waals surface area contributed by atoms with E-state index in [0.717, 1.165) is 13.4 Å². The lowest BCUT2D eigenvalue weighted by molar-refractivity contribution is -0.254. The number of hydrogen-bond donors (Lipinski definition) is 1. The fourth-order valence-corrected chi connectivity index (χ4v) is 5.39. The summed E-state index contributed by atoms with van der Waals surface area (Å²) in [6.45, 7) is -0.186. The van der Waals surface area contributed by atoms with Gasteiger partial charge in [-0.25, -0.2) is 0 Å². The first-order valence-electron chi connectivity index (χ1n) is 5.76. The first-order chi connectivity index (χ1) is 10.3. The molecule has 2 aromatic carbocycles. The van der Waals surface area contributed by atoms with Crippen LogP contribution in [-0.2, 0) is 6.61 Å². The molecule has 2 rings (SSSR count).